The van der Waals surface area contributed by atoms with Crippen molar-refractivity contribution in [3.63, 3.8) is 0 Å². The smallest absolute Gasteiger partial charge is 0.120 e. The number of aryl methyl sites for hydroxylation is 2. The predicted octanol–water partition coefficient (Wildman–Crippen LogP) is 4.83. The lowest BCUT2D eigenvalue weighted by molar-refractivity contribution is 0.462. The summed E-state index contributed by atoms with van der Waals surface area (Å²) < 4.78 is 0. The Bertz CT molecular complexity index is 577. The number of anilines is 1. The zero-order chi connectivity index (χ0) is 14.5. The van der Waals surface area contributed by atoms with Gasteiger partial charge in [-0.15, -0.1) is 0 Å². The molecule has 2 heteroatoms. The summed E-state index contributed by atoms with van der Waals surface area (Å²) in [6, 6.07) is 14.1. The van der Waals surface area contributed by atoms with Crippen LogP contribution in [0.3, 0.4) is 0 Å². The highest BCUT2D eigenvalue weighted by Crippen LogP contribution is 2.32. The molecule has 1 unspecified atom stereocenters. The molecule has 2 N–H and O–H groups in total. The molecule has 0 saturated heterocycles. The van der Waals surface area contributed by atoms with Gasteiger partial charge in [-0.25, -0.2) is 0 Å². The van der Waals surface area contributed by atoms with Crippen LogP contribution < -0.4 is 5.32 Å². The van der Waals surface area contributed by atoms with Crippen LogP contribution in [0.25, 0.3) is 0 Å². The van der Waals surface area contributed by atoms with E-state index in [1.165, 1.54) is 16.8 Å². The third kappa shape index (κ3) is 2.96. The van der Waals surface area contributed by atoms with Crippen molar-refractivity contribution < 1.29 is 5.11 Å². The number of hydrogen-bond donors (Lipinski definition) is 2. The third-order valence-corrected chi connectivity index (χ3v) is 3.78. The molecule has 0 fully saturated rings. The average molecular weight is 269 g/mol. The normalized spacial score (nSPS) is 12.2. The summed E-state index contributed by atoms with van der Waals surface area (Å²) in [5.41, 5.74) is 4.72. The highest BCUT2D eigenvalue weighted by Gasteiger charge is 2.15. The van der Waals surface area contributed by atoms with Gasteiger partial charge in [0.1, 0.15) is 5.75 Å². The molecule has 0 heterocycles. The van der Waals surface area contributed by atoms with E-state index >= 15 is 0 Å². The first-order valence-electron chi connectivity index (χ1n) is 7.30. The standard InChI is InChI=1S/C18H23NO/c1-4-14-10-8-9-13(3)18(14)19-16(5-2)15-11-6-7-12-17(15)20/h6-12,16,19-20H,4-5H2,1-3H3. The van der Waals surface area contributed by atoms with Crippen LogP contribution in [0.15, 0.2) is 42.5 Å². The van der Waals surface area contributed by atoms with Crippen LogP contribution in [0, 0.1) is 6.92 Å². The van der Waals surface area contributed by atoms with Gasteiger partial charge in [-0.3, -0.25) is 0 Å². The molecule has 0 radical (unpaired) electrons. The number of phenolic OH excluding ortho intramolecular Hbond substituents is 1. The molecule has 0 saturated carbocycles. The van der Waals surface area contributed by atoms with Crippen molar-refractivity contribution in [1.82, 2.24) is 0 Å². The number of phenols is 1. The van der Waals surface area contributed by atoms with E-state index in [-0.39, 0.29) is 6.04 Å². The van der Waals surface area contributed by atoms with Crippen LogP contribution in [0.2, 0.25) is 0 Å². The molecule has 2 rings (SSSR count). The minimum Gasteiger partial charge on any atom is -0.508 e. The largest absolute Gasteiger partial charge is 0.508 e. The minimum atomic E-state index is 0.127. The Labute approximate surface area is 121 Å². The molecule has 106 valence electrons. The summed E-state index contributed by atoms with van der Waals surface area (Å²) in [5, 5.41) is 13.7. The fourth-order valence-corrected chi connectivity index (χ4v) is 2.59. The highest BCUT2D eigenvalue weighted by atomic mass is 16.3. The number of benzene rings is 2. The zero-order valence-corrected chi connectivity index (χ0v) is 12.5. The quantitative estimate of drug-likeness (QED) is 0.815. The number of nitrogens with one attached hydrogen (secondary N) is 1. The van der Waals surface area contributed by atoms with Crippen molar-refractivity contribution in [1.29, 1.82) is 0 Å². The third-order valence-electron chi connectivity index (χ3n) is 3.78. The Morgan fingerprint density at radius 1 is 1.05 bits per heavy atom. The SMILES string of the molecule is CCc1cccc(C)c1NC(CC)c1ccccc1O. The van der Waals surface area contributed by atoms with Gasteiger partial charge in [0.15, 0.2) is 0 Å². The average Bonchev–Trinajstić information content (AvgIpc) is 2.47. The summed E-state index contributed by atoms with van der Waals surface area (Å²) in [7, 11) is 0. The Morgan fingerprint density at radius 2 is 1.80 bits per heavy atom. The number of para-hydroxylation sites is 2. The van der Waals surface area contributed by atoms with Gasteiger partial charge in [-0.05, 0) is 37.0 Å². The van der Waals surface area contributed by atoms with Crippen molar-refractivity contribution in [2.45, 2.75) is 39.7 Å². The van der Waals surface area contributed by atoms with Gasteiger partial charge in [-0.2, -0.15) is 0 Å². The van der Waals surface area contributed by atoms with E-state index in [1.54, 1.807) is 6.07 Å². The Kier molecular flexibility index (Phi) is 4.67. The molecule has 0 aliphatic carbocycles. The van der Waals surface area contributed by atoms with Gasteiger partial charge in [0.2, 0.25) is 0 Å². The van der Waals surface area contributed by atoms with E-state index in [0.29, 0.717) is 5.75 Å². The van der Waals surface area contributed by atoms with Gasteiger partial charge in [0.05, 0.1) is 6.04 Å². The van der Waals surface area contributed by atoms with E-state index < -0.39 is 0 Å². The molecule has 0 bridgehead atoms. The van der Waals surface area contributed by atoms with Crippen molar-refractivity contribution in [2.24, 2.45) is 0 Å². The lowest BCUT2D eigenvalue weighted by Gasteiger charge is -2.23. The molecule has 2 aromatic rings. The van der Waals surface area contributed by atoms with E-state index in [9.17, 15) is 5.11 Å². The van der Waals surface area contributed by atoms with Gasteiger partial charge < -0.3 is 10.4 Å². The van der Waals surface area contributed by atoms with Crippen molar-refractivity contribution in [3.05, 3.63) is 59.2 Å². The zero-order valence-electron chi connectivity index (χ0n) is 12.5. The topological polar surface area (TPSA) is 32.3 Å². The first kappa shape index (κ1) is 14.4. The van der Waals surface area contributed by atoms with Gasteiger partial charge in [0.25, 0.3) is 0 Å². The maximum atomic E-state index is 10.0. The van der Waals surface area contributed by atoms with Crippen LogP contribution in [0.5, 0.6) is 5.75 Å². The Morgan fingerprint density at radius 3 is 2.45 bits per heavy atom. The van der Waals surface area contributed by atoms with Crippen molar-refractivity contribution in [2.75, 3.05) is 5.32 Å². The molecule has 0 amide bonds. The minimum absolute atomic E-state index is 0.127. The van der Waals surface area contributed by atoms with Crippen LogP contribution in [0.4, 0.5) is 5.69 Å². The van der Waals surface area contributed by atoms with Crippen molar-refractivity contribution >= 4 is 5.69 Å². The van der Waals surface area contributed by atoms with Crippen LogP contribution in [-0.4, -0.2) is 5.11 Å². The second-order valence-corrected chi connectivity index (χ2v) is 5.13. The van der Waals surface area contributed by atoms with Gasteiger partial charge >= 0.3 is 0 Å². The van der Waals surface area contributed by atoms with E-state index in [0.717, 1.165) is 18.4 Å². The first-order valence-corrected chi connectivity index (χ1v) is 7.30. The molecule has 2 nitrogen and oxygen atoms in total. The van der Waals surface area contributed by atoms with Crippen molar-refractivity contribution in [3.8, 4) is 5.75 Å². The Balaban J connectivity index is 2.34. The summed E-state index contributed by atoms with van der Waals surface area (Å²) >= 11 is 0. The molecular weight excluding hydrogens is 246 g/mol. The van der Waals surface area contributed by atoms with E-state index in [2.05, 4.69) is 44.3 Å². The molecule has 0 spiro atoms. The molecule has 20 heavy (non-hydrogen) atoms. The number of aromatic hydroxyl groups is 1. The lowest BCUT2D eigenvalue weighted by Crippen LogP contribution is -2.12. The maximum Gasteiger partial charge on any atom is 0.120 e. The first-order chi connectivity index (χ1) is 9.67. The second kappa shape index (κ2) is 6.47. The maximum absolute atomic E-state index is 10.0. The molecule has 0 aliphatic rings. The molecule has 0 aromatic heterocycles. The molecular formula is C18H23NO. The number of hydrogen-bond acceptors (Lipinski definition) is 2. The summed E-state index contributed by atoms with van der Waals surface area (Å²) in [5.74, 6) is 0.360. The van der Waals surface area contributed by atoms with Crippen LogP contribution in [-0.2, 0) is 6.42 Å². The Hall–Kier alpha value is -1.96. The highest BCUT2D eigenvalue weighted by molar-refractivity contribution is 5.59. The van der Waals surface area contributed by atoms with E-state index in [4.69, 9.17) is 0 Å². The van der Waals surface area contributed by atoms with Gasteiger partial charge in [0, 0.05) is 11.3 Å². The fourth-order valence-electron chi connectivity index (χ4n) is 2.59. The summed E-state index contributed by atoms with van der Waals surface area (Å²) in [4.78, 5) is 0. The molecule has 0 aliphatic heterocycles. The monoisotopic (exact) mass is 269 g/mol. The molecule has 2 aromatic carbocycles. The fraction of sp³-hybridized carbons (Fsp3) is 0.333. The molecule has 1 atom stereocenters. The predicted molar refractivity (Wildman–Crippen MR) is 85.3 cm³/mol. The summed E-state index contributed by atoms with van der Waals surface area (Å²) in [6.07, 6.45) is 1.93. The second-order valence-electron chi connectivity index (χ2n) is 5.13. The summed E-state index contributed by atoms with van der Waals surface area (Å²) in [6.45, 7) is 6.42. The van der Waals surface area contributed by atoms with E-state index in [1.807, 2.05) is 18.2 Å². The number of rotatable bonds is 5. The van der Waals surface area contributed by atoms with Gasteiger partial charge in [-0.1, -0.05) is 50.2 Å². The van der Waals surface area contributed by atoms with Crippen LogP contribution in [0.1, 0.15) is 43.0 Å². The van der Waals surface area contributed by atoms with Crippen LogP contribution >= 0.6 is 0 Å². The lowest BCUT2D eigenvalue weighted by atomic mass is 10.00.